The summed E-state index contributed by atoms with van der Waals surface area (Å²) in [6, 6.07) is 2.46. The maximum atomic E-state index is 12.7. The Morgan fingerprint density at radius 3 is 2.89 bits per heavy atom. The van der Waals surface area contributed by atoms with Gasteiger partial charge in [0.25, 0.3) is 5.91 Å². The molecule has 19 heavy (non-hydrogen) atoms. The Bertz CT molecular complexity index is 422. The number of nitrogens with zero attached hydrogens (tertiary/aromatic N) is 1. The van der Waals surface area contributed by atoms with E-state index in [2.05, 4.69) is 24.1 Å². The molecular formula is C15H24N2OS. The Hall–Kier alpha value is -0.870. The third kappa shape index (κ3) is 3.37. The lowest BCUT2D eigenvalue weighted by Crippen LogP contribution is -2.44. The fraction of sp³-hybridized carbons (Fsp3) is 0.667. The molecule has 0 aliphatic carbocycles. The summed E-state index contributed by atoms with van der Waals surface area (Å²) in [5, 5.41) is 3.19. The van der Waals surface area contributed by atoms with Crippen LogP contribution < -0.4 is 5.32 Å². The summed E-state index contributed by atoms with van der Waals surface area (Å²) >= 11 is 1.64. The highest BCUT2D eigenvalue weighted by Gasteiger charge is 2.27. The van der Waals surface area contributed by atoms with Crippen molar-refractivity contribution in [3.05, 3.63) is 21.4 Å². The van der Waals surface area contributed by atoms with E-state index in [0.717, 1.165) is 37.2 Å². The van der Waals surface area contributed by atoms with Crippen molar-refractivity contribution < 1.29 is 4.79 Å². The number of amides is 1. The van der Waals surface area contributed by atoms with E-state index in [0.29, 0.717) is 6.04 Å². The summed E-state index contributed by atoms with van der Waals surface area (Å²) in [5.74, 6) is 0.238. The van der Waals surface area contributed by atoms with Gasteiger partial charge in [-0.25, -0.2) is 0 Å². The molecule has 1 aliphatic rings. The van der Waals surface area contributed by atoms with Crippen molar-refractivity contribution in [1.29, 1.82) is 0 Å². The maximum Gasteiger partial charge on any atom is 0.264 e. The molecule has 1 unspecified atom stereocenters. The third-order valence-corrected chi connectivity index (χ3v) is 5.13. The largest absolute Gasteiger partial charge is 0.335 e. The van der Waals surface area contributed by atoms with Crippen LogP contribution in [0.15, 0.2) is 6.07 Å². The molecule has 0 bridgehead atoms. The molecule has 1 aliphatic heterocycles. The first-order valence-electron chi connectivity index (χ1n) is 7.16. The number of likely N-dealkylation sites (tertiary alicyclic amines) is 1. The molecule has 1 aromatic rings. The minimum absolute atomic E-state index is 0.238. The van der Waals surface area contributed by atoms with Crippen LogP contribution in [0.25, 0.3) is 0 Å². The number of rotatable bonds is 4. The van der Waals surface area contributed by atoms with Crippen molar-refractivity contribution in [2.24, 2.45) is 0 Å². The van der Waals surface area contributed by atoms with Crippen molar-refractivity contribution in [3.8, 4) is 0 Å². The van der Waals surface area contributed by atoms with Crippen LogP contribution in [-0.4, -0.2) is 37.0 Å². The quantitative estimate of drug-likeness (QED) is 0.919. The molecule has 0 radical (unpaired) electrons. The van der Waals surface area contributed by atoms with E-state index in [1.807, 2.05) is 13.1 Å². The zero-order chi connectivity index (χ0) is 13.8. The molecule has 106 valence electrons. The summed E-state index contributed by atoms with van der Waals surface area (Å²) in [5.41, 5.74) is 1.23. The third-order valence-electron chi connectivity index (χ3n) is 3.99. The van der Waals surface area contributed by atoms with Crippen molar-refractivity contribution in [2.75, 3.05) is 20.1 Å². The molecule has 1 fully saturated rings. The first kappa shape index (κ1) is 14.5. The van der Waals surface area contributed by atoms with Gasteiger partial charge in [-0.05, 0) is 64.8 Å². The van der Waals surface area contributed by atoms with Crippen LogP contribution in [0, 0.1) is 13.8 Å². The zero-order valence-corrected chi connectivity index (χ0v) is 13.0. The van der Waals surface area contributed by atoms with E-state index in [1.165, 1.54) is 16.9 Å². The van der Waals surface area contributed by atoms with Gasteiger partial charge in [-0.1, -0.05) is 0 Å². The molecule has 2 rings (SSSR count). The van der Waals surface area contributed by atoms with Gasteiger partial charge in [-0.3, -0.25) is 4.79 Å². The second-order valence-corrected chi connectivity index (χ2v) is 6.65. The smallest absolute Gasteiger partial charge is 0.264 e. The van der Waals surface area contributed by atoms with Gasteiger partial charge in [-0.15, -0.1) is 11.3 Å². The number of hydrogen-bond donors (Lipinski definition) is 1. The van der Waals surface area contributed by atoms with E-state index in [4.69, 9.17) is 0 Å². The average molecular weight is 280 g/mol. The molecule has 0 saturated carbocycles. The molecule has 1 N–H and O–H groups in total. The van der Waals surface area contributed by atoms with Crippen molar-refractivity contribution in [3.63, 3.8) is 0 Å². The fourth-order valence-corrected chi connectivity index (χ4v) is 3.69. The summed E-state index contributed by atoms with van der Waals surface area (Å²) in [6.07, 6.45) is 4.61. The molecule has 0 aromatic carbocycles. The highest BCUT2D eigenvalue weighted by Crippen LogP contribution is 2.26. The van der Waals surface area contributed by atoms with Gasteiger partial charge in [0.05, 0.1) is 4.88 Å². The Morgan fingerprint density at radius 1 is 1.47 bits per heavy atom. The SMILES string of the molecule is CNCCC1CCCCN1C(=O)c1cc(C)c(C)s1. The first-order valence-corrected chi connectivity index (χ1v) is 7.97. The lowest BCUT2D eigenvalue weighted by molar-refractivity contribution is 0.0607. The monoisotopic (exact) mass is 280 g/mol. The molecule has 1 atom stereocenters. The van der Waals surface area contributed by atoms with Crippen LogP contribution in [0.3, 0.4) is 0 Å². The maximum absolute atomic E-state index is 12.7. The normalized spacial score (nSPS) is 19.7. The number of hydrogen-bond acceptors (Lipinski definition) is 3. The Balaban J connectivity index is 2.10. The van der Waals surface area contributed by atoms with Crippen LogP contribution >= 0.6 is 11.3 Å². The van der Waals surface area contributed by atoms with Crippen LogP contribution in [0.1, 0.15) is 45.8 Å². The molecule has 3 nitrogen and oxygen atoms in total. The molecule has 2 heterocycles. The molecule has 1 aromatic heterocycles. The number of nitrogens with one attached hydrogen (secondary N) is 1. The predicted molar refractivity (Wildman–Crippen MR) is 81.0 cm³/mol. The topological polar surface area (TPSA) is 32.3 Å². The van der Waals surface area contributed by atoms with E-state index >= 15 is 0 Å². The van der Waals surface area contributed by atoms with Gasteiger partial charge >= 0.3 is 0 Å². The number of aryl methyl sites for hydroxylation is 2. The van der Waals surface area contributed by atoms with Crippen molar-refractivity contribution >= 4 is 17.2 Å². The summed E-state index contributed by atoms with van der Waals surface area (Å²) in [4.78, 5) is 16.9. The van der Waals surface area contributed by atoms with Crippen LogP contribution in [0.5, 0.6) is 0 Å². The minimum atomic E-state index is 0.238. The van der Waals surface area contributed by atoms with E-state index in [9.17, 15) is 4.79 Å². The molecule has 1 amide bonds. The summed E-state index contributed by atoms with van der Waals surface area (Å²) in [7, 11) is 1.97. The summed E-state index contributed by atoms with van der Waals surface area (Å²) < 4.78 is 0. The zero-order valence-electron chi connectivity index (χ0n) is 12.2. The van der Waals surface area contributed by atoms with E-state index in [-0.39, 0.29) is 5.91 Å². The molecule has 1 saturated heterocycles. The first-order chi connectivity index (χ1) is 9.13. The van der Waals surface area contributed by atoms with Gasteiger partial charge < -0.3 is 10.2 Å². The molecular weight excluding hydrogens is 256 g/mol. The van der Waals surface area contributed by atoms with E-state index in [1.54, 1.807) is 11.3 Å². The predicted octanol–water partition coefficient (Wildman–Crippen LogP) is 2.97. The highest BCUT2D eigenvalue weighted by atomic mass is 32.1. The van der Waals surface area contributed by atoms with Crippen LogP contribution in [0.4, 0.5) is 0 Å². The molecule has 4 heteroatoms. The van der Waals surface area contributed by atoms with Gasteiger partial charge in [0.1, 0.15) is 0 Å². The minimum Gasteiger partial charge on any atom is -0.335 e. The number of piperidine rings is 1. The number of carbonyl (C=O) groups excluding carboxylic acids is 1. The second-order valence-electron chi connectivity index (χ2n) is 5.39. The highest BCUT2D eigenvalue weighted by molar-refractivity contribution is 7.14. The number of carbonyl (C=O) groups is 1. The van der Waals surface area contributed by atoms with Crippen molar-refractivity contribution in [1.82, 2.24) is 10.2 Å². The standard InChI is InChI=1S/C15H24N2OS/c1-11-10-14(19-12(11)2)15(18)17-9-5-4-6-13(17)7-8-16-3/h10,13,16H,4-9H2,1-3H3. The second kappa shape index (κ2) is 6.53. The molecule has 0 spiro atoms. The fourth-order valence-electron chi connectivity index (χ4n) is 2.70. The van der Waals surface area contributed by atoms with Gasteiger partial charge in [0.2, 0.25) is 0 Å². The van der Waals surface area contributed by atoms with Crippen LogP contribution in [-0.2, 0) is 0 Å². The van der Waals surface area contributed by atoms with Gasteiger partial charge in [-0.2, -0.15) is 0 Å². The Labute approximate surface area is 120 Å². The summed E-state index contributed by atoms with van der Waals surface area (Å²) in [6.45, 7) is 6.07. The number of thiophene rings is 1. The average Bonchev–Trinajstić information content (AvgIpc) is 2.76. The van der Waals surface area contributed by atoms with Crippen LogP contribution in [0.2, 0.25) is 0 Å². The Morgan fingerprint density at radius 2 is 2.26 bits per heavy atom. The lowest BCUT2D eigenvalue weighted by atomic mass is 9.99. The van der Waals surface area contributed by atoms with E-state index < -0.39 is 0 Å². The van der Waals surface area contributed by atoms with Gasteiger partial charge in [0, 0.05) is 17.5 Å². The van der Waals surface area contributed by atoms with Crippen molar-refractivity contribution in [2.45, 2.75) is 45.6 Å². The Kier molecular flexibility index (Phi) is 4.99. The van der Waals surface area contributed by atoms with Gasteiger partial charge in [0.15, 0.2) is 0 Å². The lowest BCUT2D eigenvalue weighted by Gasteiger charge is -2.35.